The molecule has 3 nitrogen and oxygen atoms in total. The van der Waals surface area contributed by atoms with Crippen molar-refractivity contribution < 1.29 is 4.79 Å². The highest BCUT2D eigenvalue weighted by atomic mass is 16.2. The molecule has 1 rings (SSSR count). The minimum absolute atomic E-state index is 0.0752. The molecule has 0 aromatic rings. The molecular weight excluding hydrogens is 200 g/mol. The van der Waals surface area contributed by atoms with Crippen LogP contribution in [-0.2, 0) is 4.79 Å². The maximum atomic E-state index is 12.0. The maximum absolute atomic E-state index is 12.0. The number of carbonyl (C=O) groups is 1. The second-order valence-corrected chi connectivity index (χ2v) is 4.78. The fourth-order valence-corrected chi connectivity index (χ4v) is 2.35. The Morgan fingerprint density at radius 1 is 1.19 bits per heavy atom. The van der Waals surface area contributed by atoms with Gasteiger partial charge >= 0.3 is 0 Å². The van der Waals surface area contributed by atoms with E-state index in [2.05, 4.69) is 26.1 Å². The average molecular weight is 226 g/mol. The van der Waals surface area contributed by atoms with Gasteiger partial charge in [0.15, 0.2) is 0 Å². The molecule has 2 atom stereocenters. The van der Waals surface area contributed by atoms with Crippen molar-refractivity contribution in [3.8, 4) is 0 Å². The van der Waals surface area contributed by atoms with Crippen LogP contribution in [0.3, 0.4) is 0 Å². The van der Waals surface area contributed by atoms with Crippen LogP contribution in [0.15, 0.2) is 0 Å². The van der Waals surface area contributed by atoms with Gasteiger partial charge in [0.25, 0.3) is 0 Å². The Hall–Kier alpha value is -0.570. The molecule has 1 heterocycles. The molecule has 1 N–H and O–H groups in total. The van der Waals surface area contributed by atoms with E-state index < -0.39 is 0 Å². The van der Waals surface area contributed by atoms with Crippen molar-refractivity contribution in [3.63, 3.8) is 0 Å². The Morgan fingerprint density at radius 2 is 1.94 bits per heavy atom. The van der Waals surface area contributed by atoms with Crippen LogP contribution in [0, 0.1) is 0 Å². The Labute approximate surface area is 99.6 Å². The summed E-state index contributed by atoms with van der Waals surface area (Å²) in [5.41, 5.74) is 0. The van der Waals surface area contributed by atoms with Crippen LogP contribution in [0.25, 0.3) is 0 Å². The van der Waals surface area contributed by atoms with Gasteiger partial charge in [0.2, 0.25) is 5.91 Å². The number of rotatable bonds is 7. The summed E-state index contributed by atoms with van der Waals surface area (Å²) in [6, 6.07) is 0.0752. The Balaban J connectivity index is 2.32. The third-order valence-corrected chi connectivity index (χ3v) is 3.32. The van der Waals surface area contributed by atoms with Crippen molar-refractivity contribution in [1.82, 2.24) is 10.2 Å². The molecule has 0 radical (unpaired) electrons. The molecule has 0 bridgehead atoms. The average Bonchev–Trinajstić information content (AvgIpc) is 2.52. The molecule has 0 aromatic heterocycles. The van der Waals surface area contributed by atoms with E-state index in [1.165, 1.54) is 19.3 Å². The van der Waals surface area contributed by atoms with Crippen molar-refractivity contribution in [1.29, 1.82) is 0 Å². The molecule has 2 unspecified atom stereocenters. The van der Waals surface area contributed by atoms with Gasteiger partial charge in [-0.15, -0.1) is 0 Å². The number of nitrogens with one attached hydrogen (secondary N) is 1. The minimum Gasteiger partial charge on any atom is -0.326 e. The highest BCUT2D eigenvalue weighted by Gasteiger charge is 2.34. The molecule has 1 amide bonds. The summed E-state index contributed by atoms with van der Waals surface area (Å²) in [5.74, 6) is 0.311. The number of amides is 1. The van der Waals surface area contributed by atoms with E-state index >= 15 is 0 Å². The molecule has 0 saturated carbocycles. The molecular formula is C13H26N2O. The van der Waals surface area contributed by atoms with Gasteiger partial charge in [-0.3, -0.25) is 10.1 Å². The lowest BCUT2D eigenvalue weighted by atomic mass is 10.1. The number of unbranched alkanes of at least 4 members (excludes halogenated alkanes) is 3. The summed E-state index contributed by atoms with van der Waals surface area (Å²) in [6.07, 6.45) is 7.18. The van der Waals surface area contributed by atoms with E-state index in [-0.39, 0.29) is 12.2 Å². The van der Waals surface area contributed by atoms with Crippen molar-refractivity contribution in [2.24, 2.45) is 0 Å². The predicted octanol–water partition coefficient (Wildman–Crippen LogP) is 2.51. The molecule has 1 fully saturated rings. The van der Waals surface area contributed by atoms with E-state index in [9.17, 15) is 4.79 Å². The van der Waals surface area contributed by atoms with E-state index in [0.29, 0.717) is 5.91 Å². The largest absolute Gasteiger partial charge is 0.326 e. The summed E-state index contributed by atoms with van der Waals surface area (Å²) >= 11 is 0. The monoisotopic (exact) mass is 226 g/mol. The SMILES string of the molecule is CCCCCCN1C(=O)C(CCC)NC1C. The van der Waals surface area contributed by atoms with Gasteiger partial charge in [0.05, 0.1) is 12.2 Å². The summed E-state index contributed by atoms with van der Waals surface area (Å²) in [6.45, 7) is 7.35. The van der Waals surface area contributed by atoms with Crippen molar-refractivity contribution in [3.05, 3.63) is 0 Å². The third kappa shape index (κ3) is 3.48. The smallest absolute Gasteiger partial charge is 0.241 e. The van der Waals surface area contributed by atoms with Crippen molar-refractivity contribution in [2.75, 3.05) is 6.54 Å². The molecule has 3 heteroatoms. The fourth-order valence-electron chi connectivity index (χ4n) is 2.35. The van der Waals surface area contributed by atoms with E-state index in [1.54, 1.807) is 0 Å². The van der Waals surface area contributed by atoms with Crippen molar-refractivity contribution >= 4 is 5.91 Å². The fraction of sp³-hybridized carbons (Fsp3) is 0.923. The molecule has 1 aliphatic rings. The van der Waals surface area contributed by atoms with Crippen LogP contribution >= 0.6 is 0 Å². The van der Waals surface area contributed by atoms with Crippen LogP contribution in [0.4, 0.5) is 0 Å². The highest BCUT2D eigenvalue weighted by Crippen LogP contribution is 2.15. The Morgan fingerprint density at radius 3 is 2.56 bits per heavy atom. The first-order valence-electron chi connectivity index (χ1n) is 6.77. The summed E-state index contributed by atoms with van der Waals surface area (Å²) in [7, 11) is 0. The molecule has 94 valence electrons. The van der Waals surface area contributed by atoms with E-state index in [0.717, 1.165) is 25.8 Å². The zero-order valence-electron chi connectivity index (χ0n) is 11.0. The predicted molar refractivity (Wildman–Crippen MR) is 67.1 cm³/mol. The second kappa shape index (κ2) is 6.89. The van der Waals surface area contributed by atoms with Gasteiger partial charge in [-0.05, 0) is 19.8 Å². The van der Waals surface area contributed by atoms with Crippen LogP contribution in [0.2, 0.25) is 0 Å². The lowest BCUT2D eigenvalue weighted by molar-refractivity contribution is -0.130. The Kier molecular flexibility index (Phi) is 5.81. The molecule has 1 saturated heterocycles. The molecule has 16 heavy (non-hydrogen) atoms. The number of nitrogens with zero attached hydrogens (tertiary/aromatic N) is 1. The lowest BCUT2D eigenvalue weighted by Crippen LogP contribution is -2.35. The molecule has 0 spiro atoms. The number of carbonyl (C=O) groups excluding carboxylic acids is 1. The lowest BCUT2D eigenvalue weighted by Gasteiger charge is -2.20. The quantitative estimate of drug-likeness (QED) is 0.677. The van der Waals surface area contributed by atoms with Gasteiger partial charge in [-0.25, -0.2) is 0 Å². The second-order valence-electron chi connectivity index (χ2n) is 4.78. The zero-order valence-corrected chi connectivity index (χ0v) is 11.0. The Bertz CT molecular complexity index is 218. The normalized spacial score (nSPS) is 25.4. The number of hydrogen-bond acceptors (Lipinski definition) is 2. The van der Waals surface area contributed by atoms with E-state index in [1.807, 2.05) is 4.90 Å². The summed E-state index contributed by atoms with van der Waals surface area (Å²) < 4.78 is 0. The van der Waals surface area contributed by atoms with Crippen LogP contribution in [0.5, 0.6) is 0 Å². The van der Waals surface area contributed by atoms with Crippen LogP contribution < -0.4 is 5.32 Å². The van der Waals surface area contributed by atoms with Gasteiger partial charge in [0, 0.05) is 6.54 Å². The number of hydrogen-bond donors (Lipinski definition) is 1. The summed E-state index contributed by atoms with van der Waals surface area (Å²) in [5, 5.41) is 3.37. The first-order chi connectivity index (χ1) is 7.70. The van der Waals surface area contributed by atoms with Gasteiger partial charge in [0.1, 0.15) is 0 Å². The highest BCUT2D eigenvalue weighted by molar-refractivity contribution is 5.84. The van der Waals surface area contributed by atoms with Crippen molar-refractivity contribution in [2.45, 2.75) is 71.5 Å². The van der Waals surface area contributed by atoms with E-state index in [4.69, 9.17) is 0 Å². The topological polar surface area (TPSA) is 32.3 Å². The molecule has 1 aliphatic heterocycles. The molecule has 0 aliphatic carbocycles. The minimum atomic E-state index is 0.0752. The maximum Gasteiger partial charge on any atom is 0.241 e. The van der Waals surface area contributed by atoms with Gasteiger partial charge in [-0.1, -0.05) is 39.5 Å². The summed E-state index contributed by atoms with van der Waals surface area (Å²) in [4.78, 5) is 14.0. The van der Waals surface area contributed by atoms with Crippen LogP contribution in [0.1, 0.15) is 59.3 Å². The zero-order chi connectivity index (χ0) is 12.0. The first kappa shape index (κ1) is 13.5. The first-order valence-corrected chi connectivity index (χ1v) is 6.77. The van der Waals surface area contributed by atoms with Gasteiger partial charge in [-0.2, -0.15) is 0 Å². The van der Waals surface area contributed by atoms with Gasteiger partial charge < -0.3 is 4.90 Å². The molecule has 0 aromatic carbocycles. The standard InChI is InChI=1S/C13H26N2O/c1-4-6-7-8-10-15-11(3)14-12(9-5-2)13(15)16/h11-12,14H,4-10H2,1-3H3. The third-order valence-electron chi connectivity index (χ3n) is 3.32. The van der Waals surface area contributed by atoms with Crippen LogP contribution in [-0.4, -0.2) is 29.6 Å².